The van der Waals surface area contributed by atoms with E-state index in [4.69, 9.17) is 4.74 Å². The fourth-order valence-electron chi connectivity index (χ4n) is 4.15. The second-order valence-electron chi connectivity index (χ2n) is 6.89. The summed E-state index contributed by atoms with van der Waals surface area (Å²) in [6, 6.07) is 11.3. The second-order valence-corrected chi connectivity index (χ2v) is 6.89. The van der Waals surface area contributed by atoms with Gasteiger partial charge in [-0.25, -0.2) is 0 Å². The van der Waals surface area contributed by atoms with Crippen LogP contribution in [0.25, 0.3) is 0 Å². The lowest BCUT2D eigenvalue weighted by atomic mass is 9.89. The van der Waals surface area contributed by atoms with Gasteiger partial charge in [0.15, 0.2) is 0 Å². The van der Waals surface area contributed by atoms with E-state index < -0.39 is 11.7 Å². The Morgan fingerprint density at radius 2 is 2.04 bits per heavy atom. The number of nitriles is 1. The highest BCUT2D eigenvalue weighted by molar-refractivity contribution is 5.69. The topological polar surface area (TPSA) is 48.3 Å². The lowest BCUT2D eigenvalue weighted by molar-refractivity contribution is -0.137. The van der Waals surface area contributed by atoms with Crippen LogP contribution in [-0.4, -0.2) is 26.2 Å². The van der Waals surface area contributed by atoms with E-state index in [2.05, 4.69) is 5.32 Å². The third-order valence-electron chi connectivity index (χ3n) is 5.35. The van der Waals surface area contributed by atoms with E-state index in [1.54, 1.807) is 42.3 Å². The van der Waals surface area contributed by atoms with Crippen LogP contribution in [0.4, 0.5) is 18.9 Å². The number of hydrogen-bond acceptors (Lipinski definition) is 4. The molecule has 0 bridgehead atoms. The SMILES string of the molecule is CN1c2c(cc(Oc3ccccc3C#N)cc2C(F)(F)F)[C@H]2CNCC[C@H]21. The smallest absolute Gasteiger partial charge is 0.418 e. The molecule has 2 aromatic carbocycles. The molecule has 2 aliphatic heterocycles. The quantitative estimate of drug-likeness (QED) is 0.854. The number of rotatable bonds is 2. The summed E-state index contributed by atoms with van der Waals surface area (Å²) in [5.41, 5.74) is 0.471. The number of halogens is 3. The molecule has 0 amide bonds. The minimum Gasteiger partial charge on any atom is -0.456 e. The van der Waals surface area contributed by atoms with Gasteiger partial charge in [0.25, 0.3) is 0 Å². The minimum absolute atomic E-state index is 0.0189. The van der Waals surface area contributed by atoms with Crippen molar-refractivity contribution in [3.8, 4) is 17.6 Å². The summed E-state index contributed by atoms with van der Waals surface area (Å²) in [6.07, 6.45) is -3.70. The van der Waals surface area contributed by atoms with Crippen molar-refractivity contribution < 1.29 is 17.9 Å². The fraction of sp³-hybridized carbons (Fsp3) is 0.350. The third kappa shape index (κ3) is 3.00. The maximum absolute atomic E-state index is 13.8. The summed E-state index contributed by atoms with van der Waals surface area (Å²) in [7, 11) is 1.73. The Labute approximate surface area is 155 Å². The van der Waals surface area contributed by atoms with Gasteiger partial charge in [0.1, 0.15) is 17.6 Å². The highest BCUT2D eigenvalue weighted by Crippen LogP contribution is 2.50. The summed E-state index contributed by atoms with van der Waals surface area (Å²) < 4.78 is 47.1. The van der Waals surface area contributed by atoms with Crippen molar-refractivity contribution in [3.63, 3.8) is 0 Å². The molecule has 2 heterocycles. The Kier molecular flexibility index (Phi) is 4.23. The van der Waals surface area contributed by atoms with Crippen LogP contribution in [-0.2, 0) is 6.18 Å². The van der Waals surface area contributed by atoms with Gasteiger partial charge in [0.05, 0.1) is 16.8 Å². The molecule has 1 N–H and O–H groups in total. The molecule has 4 nitrogen and oxygen atoms in total. The van der Waals surface area contributed by atoms with Crippen molar-refractivity contribution in [3.05, 3.63) is 53.1 Å². The Hall–Kier alpha value is -2.72. The number of nitrogens with one attached hydrogen (secondary N) is 1. The third-order valence-corrected chi connectivity index (χ3v) is 5.35. The van der Waals surface area contributed by atoms with Gasteiger partial charge >= 0.3 is 6.18 Å². The first kappa shape index (κ1) is 17.7. The predicted octanol–water partition coefficient (Wildman–Crippen LogP) is 4.26. The van der Waals surface area contributed by atoms with E-state index in [0.29, 0.717) is 12.1 Å². The van der Waals surface area contributed by atoms with Gasteiger partial charge in [-0.15, -0.1) is 0 Å². The maximum atomic E-state index is 13.8. The Bertz CT molecular complexity index is 920. The number of benzene rings is 2. The molecule has 0 radical (unpaired) electrons. The minimum atomic E-state index is -4.49. The van der Waals surface area contributed by atoms with Crippen molar-refractivity contribution in [1.29, 1.82) is 5.26 Å². The first-order valence-electron chi connectivity index (χ1n) is 8.76. The van der Waals surface area contributed by atoms with Crippen LogP contribution in [0.5, 0.6) is 11.5 Å². The second kappa shape index (κ2) is 6.46. The number of anilines is 1. The molecule has 2 aromatic rings. The van der Waals surface area contributed by atoms with E-state index in [1.165, 1.54) is 0 Å². The van der Waals surface area contributed by atoms with Crippen LogP contribution in [0.2, 0.25) is 0 Å². The molecular weight excluding hydrogens is 355 g/mol. The monoisotopic (exact) mass is 373 g/mol. The summed E-state index contributed by atoms with van der Waals surface area (Å²) in [4.78, 5) is 1.76. The van der Waals surface area contributed by atoms with Crippen molar-refractivity contribution in [2.45, 2.75) is 24.6 Å². The van der Waals surface area contributed by atoms with Gasteiger partial charge in [0.2, 0.25) is 0 Å². The molecule has 2 atom stereocenters. The average Bonchev–Trinajstić information content (AvgIpc) is 2.94. The molecule has 0 aromatic heterocycles. The molecular formula is C20H18F3N3O. The molecule has 0 saturated carbocycles. The van der Waals surface area contributed by atoms with Gasteiger partial charge in [-0.3, -0.25) is 0 Å². The van der Waals surface area contributed by atoms with E-state index in [1.807, 2.05) is 6.07 Å². The van der Waals surface area contributed by atoms with Gasteiger partial charge in [-0.1, -0.05) is 12.1 Å². The molecule has 140 valence electrons. The van der Waals surface area contributed by atoms with Crippen molar-refractivity contribution in [1.82, 2.24) is 5.32 Å². The van der Waals surface area contributed by atoms with E-state index in [-0.39, 0.29) is 34.7 Å². The number of piperidine rings is 1. The predicted molar refractivity (Wildman–Crippen MR) is 95.1 cm³/mol. The van der Waals surface area contributed by atoms with Crippen LogP contribution in [0.15, 0.2) is 36.4 Å². The highest BCUT2D eigenvalue weighted by Gasteiger charge is 2.45. The van der Waals surface area contributed by atoms with Gasteiger partial charge in [-0.05, 0) is 42.8 Å². The molecule has 0 spiro atoms. The molecule has 4 rings (SSSR count). The zero-order valence-electron chi connectivity index (χ0n) is 14.7. The highest BCUT2D eigenvalue weighted by atomic mass is 19.4. The van der Waals surface area contributed by atoms with Crippen LogP contribution in [0, 0.1) is 11.3 Å². The normalized spacial score (nSPS) is 21.4. The Morgan fingerprint density at radius 3 is 2.78 bits per heavy atom. The van der Waals surface area contributed by atoms with Gasteiger partial charge in [0, 0.05) is 25.6 Å². The number of hydrogen-bond donors (Lipinski definition) is 1. The van der Waals surface area contributed by atoms with E-state index in [0.717, 1.165) is 19.0 Å². The molecule has 1 saturated heterocycles. The standard InChI is InChI=1S/C20H18F3N3O/c1-26-17-6-7-25-11-15(17)14-8-13(9-16(19(14)26)20(21,22)23)27-18-5-3-2-4-12(18)10-24/h2-5,8-9,15,17,25H,6-7,11H2,1H3/t15-,17-/m1/s1. The van der Waals surface area contributed by atoms with Crippen molar-refractivity contribution in [2.24, 2.45) is 0 Å². The number of para-hydroxylation sites is 1. The molecule has 2 aliphatic rings. The van der Waals surface area contributed by atoms with Crippen LogP contribution >= 0.6 is 0 Å². The lowest BCUT2D eigenvalue weighted by Crippen LogP contribution is -2.42. The number of likely N-dealkylation sites (N-methyl/N-ethyl adjacent to an activating group) is 1. The van der Waals surface area contributed by atoms with Gasteiger partial charge in [-0.2, -0.15) is 18.4 Å². The number of alkyl halides is 3. The largest absolute Gasteiger partial charge is 0.456 e. The molecule has 7 heteroatoms. The average molecular weight is 373 g/mol. The first-order valence-corrected chi connectivity index (χ1v) is 8.76. The Balaban J connectivity index is 1.83. The Morgan fingerprint density at radius 1 is 1.26 bits per heavy atom. The van der Waals surface area contributed by atoms with Crippen molar-refractivity contribution >= 4 is 5.69 Å². The number of ether oxygens (including phenoxy) is 1. The summed E-state index contributed by atoms with van der Waals surface area (Å²) in [6.45, 7) is 1.43. The molecule has 0 unspecified atom stereocenters. The molecule has 0 aliphatic carbocycles. The summed E-state index contributed by atoms with van der Waals surface area (Å²) in [5, 5.41) is 12.5. The maximum Gasteiger partial charge on any atom is 0.418 e. The van der Waals surface area contributed by atoms with E-state index in [9.17, 15) is 18.4 Å². The summed E-state index contributed by atoms with van der Waals surface area (Å²) in [5.74, 6) is 0.329. The van der Waals surface area contributed by atoms with Gasteiger partial charge < -0.3 is 15.0 Å². The zero-order valence-corrected chi connectivity index (χ0v) is 14.7. The number of nitrogens with zero attached hydrogens (tertiary/aromatic N) is 2. The first-order chi connectivity index (χ1) is 12.9. The van der Waals surface area contributed by atoms with Crippen LogP contribution < -0.4 is 15.0 Å². The fourth-order valence-corrected chi connectivity index (χ4v) is 4.15. The zero-order chi connectivity index (χ0) is 19.2. The summed E-state index contributed by atoms with van der Waals surface area (Å²) >= 11 is 0. The van der Waals surface area contributed by atoms with Crippen molar-refractivity contribution in [2.75, 3.05) is 25.0 Å². The number of fused-ring (bicyclic) bond motifs is 3. The lowest BCUT2D eigenvalue weighted by Gasteiger charge is -2.31. The van der Waals surface area contributed by atoms with Crippen LogP contribution in [0.3, 0.4) is 0 Å². The molecule has 27 heavy (non-hydrogen) atoms. The molecule has 1 fully saturated rings. The van der Waals surface area contributed by atoms with E-state index >= 15 is 0 Å². The van der Waals surface area contributed by atoms with Crippen LogP contribution in [0.1, 0.15) is 29.0 Å².